The van der Waals surface area contributed by atoms with Crippen LogP contribution in [0.25, 0.3) is 0 Å². The lowest BCUT2D eigenvalue weighted by atomic mass is 9.80. The number of carbonyl (C=O) groups is 1. The number of ether oxygens (including phenoxy) is 3. The second kappa shape index (κ2) is 6.98. The molecule has 1 atom stereocenters. The molecule has 0 spiro atoms. The number of dihydropyridines is 1. The molecule has 0 saturated carbocycles. The van der Waals surface area contributed by atoms with Gasteiger partial charge in [0.25, 0.3) is 0 Å². The number of halogens is 1. The van der Waals surface area contributed by atoms with E-state index < -0.39 is 18.2 Å². The molecule has 0 bridgehead atoms. The van der Waals surface area contributed by atoms with E-state index >= 15 is 0 Å². The van der Waals surface area contributed by atoms with Gasteiger partial charge in [-0.25, -0.2) is 9.18 Å². The maximum absolute atomic E-state index is 13.9. The highest BCUT2D eigenvalue weighted by molar-refractivity contribution is 5.92. The van der Waals surface area contributed by atoms with E-state index in [1.54, 1.807) is 26.0 Å². The van der Waals surface area contributed by atoms with E-state index in [4.69, 9.17) is 14.2 Å². The van der Waals surface area contributed by atoms with Crippen LogP contribution in [-0.2, 0) is 19.0 Å². The van der Waals surface area contributed by atoms with Gasteiger partial charge in [0.15, 0.2) is 12.6 Å². The largest absolute Gasteiger partial charge is 0.463 e. The number of rotatable bonds is 4. The Kier molecular flexibility index (Phi) is 4.92. The average Bonchev–Trinajstić information content (AvgIpc) is 2.52. The van der Waals surface area contributed by atoms with Gasteiger partial charge in [0, 0.05) is 22.9 Å². The maximum Gasteiger partial charge on any atom is 0.336 e. The summed E-state index contributed by atoms with van der Waals surface area (Å²) >= 11 is 0. The van der Waals surface area contributed by atoms with Gasteiger partial charge in [-0.05, 0) is 45.4 Å². The summed E-state index contributed by atoms with van der Waals surface area (Å²) in [4.78, 5) is 12.6. The van der Waals surface area contributed by atoms with Gasteiger partial charge >= 0.3 is 5.97 Å². The predicted octanol–water partition coefficient (Wildman–Crippen LogP) is 3.34. The first-order valence-corrected chi connectivity index (χ1v) is 8.34. The Morgan fingerprint density at radius 2 is 2.00 bits per heavy atom. The standard InChI is InChI=1S/C19H22FNO4/c1-5-23-18(22)15-10(2)21-11(3)16(19-24-12(4)25-19)17(15)13-7-6-8-14(20)9-13/h6-9,12,17,19,21H,5H2,1-4H3. The normalized spacial score (nSPS) is 26.2. The quantitative estimate of drug-likeness (QED) is 0.847. The van der Waals surface area contributed by atoms with E-state index in [0.29, 0.717) is 16.8 Å². The molecule has 1 N–H and O–H groups in total. The van der Waals surface area contributed by atoms with Crippen LogP contribution in [0, 0.1) is 5.82 Å². The summed E-state index contributed by atoms with van der Waals surface area (Å²) in [7, 11) is 0. The summed E-state index contributed by atoms with van der Waals surface area (Å²) in [5.41, 5.74) is 3.38. The Bertz CT molecular complexity index is 750. The summed E-state index contributed by atoms with van der Waals surface area (Å²) in [6.45, 7) is 7.51. The van der Waals surface area contributed by atoms with Crippen LogP contribution in [0.2, 0.25) is 0 Å². The second-order valence-corrected chi connectivity index (χ2v) is 6.12. The van der Waals surface area contributed by atoms with E-state index in [9.17, 15) is 9.18 Å². The minimum absolute atomic E-state index is 0.261. The Labute approximate surface area is 146 Å². The van der Waals surface area contributed by atoms with Crippen LogP contribution in [0.4, 0.5) is 4.39 Å². The van der Waals surface area contributed by atoms with Crippen molar-refractivity contribution in [2.24, 2.45) is 0 Å². The Balaban J connectivity index is 2.10. The van der Waals surface area contributed by atoms with Crippen molar-refractivity contribution in [1.82, 2.24) is 5.32 Å². The third kappa shape index (κ3) is 3.32. The summed E-state index contributed by atoms with van der Waals surface area (Å²) in [6, 6.07) is 6.22. The molecule has 6 heteroatoms. The monoisotopic (exact) mass is 347 g/mol. The van der Waals surface area contributed by atoms with Gasteiger partial charge in [-0.2, -0.15) is 0 Å². The van der Waals surface area contributed by atoms with E-state index in [0.717, 1.165) is 11.3 Å². The number of esters is 1. The lowest BCUT2D eigenvalue weighted by Gasteiger charge is -2.41. The predicted molar refractivity (Wildman–Crippen MR) is 89.7 cm³/mol. The molecule has 1 aromatic carbocycles. The molecule has 0 aromatic heterocycles. The lowest BCUT2D eigenvalue weighted by molar-refractivity contribution is -0.360. The van der Waals surface area contributed by atoms with Gasteiger partial charge in [0.1, 0.15) is 5.82 Å². The molecule has 0 aliphatic carbocycles. The summed E-state index contributed by atoms with van der Waals surface area (Å²) in [5.74, 6) is -1.29. The van der Waals surface area contributed by atoms with Crippen molar-refractivity contribution in [3.05, 3.63) is 58.2 Å². The van der Waals surface area contributed by atoms with Crippen LogP contribution in [0.3, 0.4) is 0 Å². The van der Waals surface area contributed by atoms with E-state index in [1.807, 2.05) is 13.8 Å². The van der Waals surface area contributed by atoms with Crippen molar-refractivity contribution in [3.63, 3.8) is 0 Å². The number of carbonyl (C=O) groups excluding carboxylic acids is 1. The SMILES string of the molecule is CCOC(=O)C1=C(C)NC(C)=C(C2OC(C)O2)C1c1cccc(F)c1. The van der Waals surface area contributed by atoms with Crippen molar-refractivity contribution in [2.75, 3.05) is 6.61 Å². The van der Waals surface area contributed by atoms with Gasteiger partial charge in [-0.15, -0.1) is 0 Å². The van der Waals surface area contributed by atoms with Crippen LogP contribution in [0.5, 0.6) is 0 Å². The minimum Gasteiger partial charge on any atom is -0.463 e. The maximum atomic E-state index is 13.9. The highest BCUT2D eigenvalue weighted by Crippen LogP contribution is 2.43. The number of benzene rings is 1. The lowest BCUT2D eigenvalue weighted by Crippen LogP contribution is -2.45. The Morgan fingerprint density at radius 1 is 1.28 bits per heavy atom. The average molecular weight is 347 g/mol. The minimum atomic E-state index is -0.576. The number of hydrogen-bond donors (Lipinski definition) is 1. The van der Waals surface area contributed by atoms with Gasteiger partial charge in [0.05, 0.1) is 12.2 Å². The van der Waals surface area contributed by atoms with Crippen molar-refractivity contribution in [3.8, 4) is 0 Å². The van der Waals surface area contributed by atoms with E-state index in [-0.39, 0.29) is 18.7 Å². The third-order valence-electron chi connectivity index (χ3n) is 4.37. The zero-order valence-corrected chi connectivity index (χ0v) is 14.8. The van der Waals surface area contributed by atoms with Crippen molar-refractivity contribution in [2.45, 2.75) is 46.2 Å². The highest BCUT2D eigenvalue weighted by atomic mass is 19.1. The number of nitrogens with one attached hydrogen (secondary N) is 1. The summed E-state index contributed by atoms with van der Waals surface area (Å²) in [6.07, 6.45) is -0.884. The first-order valence-electron chi connectivity index (χ1n) is 8.34. The van der Waals surface area contributed by atoms with E-state index in [1.165, 1.54) is 12.1 Å². The van der Waals surface area contributed by atoms with Crippen molar-refractivity contribution < 1.29 is 23.4 Å². The second-order valence-electron chi connectivity index (χ2n) is 6.12. The molecule has 2 heterocycles. The van der Waals surface area contributed by atoms with E-state index in [2.05, 4.69) is 5.32 Å². The topological polar surface area (TPSA) is 56.8 Å². The highest BCUT2D eigenvalue weighted by Gasteiger charge is 2.42. The van der Waals surface area contributed by atoms with Crippen LogP contribution in [0.15, 0.2) is 46.8 Å². The third-order valence-corrected chi connectivity index (χ3v) is 4.37. The number of hydrogen-bond acceptors (Lipinski definition) is 5. The van der Waals surface area contributed by atoms with Crippen LogP contribution in [0.1, 0.15) is 39.2 Å². The molecular formula is C19H22FNO4. The van der Waals surface area contributed by atoms with Gasteiger partial charge < -0.3 is 19.5 Å². The van der Waals surface area contributed by atoms with Crippen molar-refractivity contribution >= 4 is 5.97 Å². The molecule has 3 rings (SSSR count). The zero-order chi connectivity index (χ0) is 18.1. The molecule has 1 fully saturated rings. The molecule has 1 saturated heterocycles. The summed E-state index contributed by atoms with van der Waals surface area (Å²) in [5, 5.41) is 3.20. The molecule has 0 radical (unpaired) electrons. The molecule has 25 heavy (non-hydrogen) atoms. The van der Waals surface area contributed by atoms with Crippen LogP contribution < -0.4 is 5.32 Å². The first kappa shape index (κ1) is 17.6. The molecule has 2 aliphatic heterocycles. The fourth-order valence-corrected chi connectivity index (χ4v) is 3.34. The fourth-order valence-electron chi connectivity index (χ4n) is 3.34. The fraction of sp³-hybridized carbons (Fsp3) is 0.421. The molecule has 2 aliphatic rings. The smallest absolute Gasteiger partial charge is 0.336 e. The molecule has 0 amide bonds. The van der Waals surface area contributed by atoms with Gasteiger partial charge in [-0.3, -0.25) is 0 Å². The van der Waals surface area contributed by atoms with Gasteiger partial charge in [-0.1, -0.05) is 12.1 Å². The van der Waals surface area contributed by atoms with Crippen LogP contribution in [-0.4, -0.2) is 25.2 Å². The molecule has 1 unspecified atom stereocenters. The van der Waals surface area contributed by atoms with Crippen LogP contribution >= 0.6 is 0 Å². The molecule has 1 aromatic rings. The summed E-state index contributed by atoms with van der Waals surface area (Å²) < 4.78 is 30.4. The van der Waals surface area contributed by atoms with Crippen molar-refractivity contribution in [1.29, 1.82) is 0 Å². The molecule has 5 nitrogen and oxygen atoms in total. The first-order chi connectivity index (χ1) is 11.9. The number of allylic oxidation sites excluding steroid dienone is 2. The molecular weight excluding hydrogens is 325 g/mol. The van der Waals surface area contributed by atoms with Gasteiger partial charge in [0.2, 0.25) is 0 Å². The zero-order valence-electron chi connectivity index (χ0n) is 14.8. The Morgan fingerprint density at radius 3 is 2.60 bits per heavy atom. The Hall–Kier alpha value is -2.18. The molecule has 134 valence electrons.